The van der Waals surface area contributed by atoms with Crippen LogP contribution in [0, 0.1) is 0 Å². The average molecular weight is 231 g/mol. The molecule has 5 nitrogen and oxygen atoms in total. The van der Waals surface area contributed by atoms with Crippen LogP contribution < -0.4 is 15.7 Å². The zero-order chi connectivity index (χ0) is 11.7. The van der Waals surface area contributed by atoms with Crippen molar-refractivity contribution in [2.24, 2.45) is 5.10 Å². The first-order valence-electron chi connectivity index (χ1n) is 5.71. The highest BCUT2D eigenvalue weighted by atomic mass is 16.6. The lowest BCUT2D eigenvalue weighted by Crippen LogP contribution is -2.28. The van der Waals surface area contributed by atoms with Gasteiger partial charge in [-0.15, -0.1) is 0 Å². The topological polar surface area (TPSA) is 62.7 Å². The van der Waals surface area contributed by atoms with Crippen LogP contribution in [0.15, 0.2) is 23.3 Å². The molecule has 0 saturated carbocycles. The Hall–Kier alpha value is -1.88. The summed E-state index contributed by atoms with van der Waals surface area (Å²) in [7, 11) is 0. The molecule has 0 bridgehead atoms. The van der Waals surface area contributed by atoms with Crippen molar-refractivity contribution in [1.29, 1.82) is 0 Å². The van der Waals surface area contributed by atoms with E-state index in [9.17, 15) is 4.79 Å². The van der Waals surface area contributed by atoms with Crippen molar-refractivity contribution < 1.29 is 9.63 Å². The first-order chi connectivity index (χ1) is 8.33. The molecule has 3 rings (SSSR count). The fourth-order valence-electron chi connectivity index (χ4n) is 2.05. The molecule has 0 spiro atoms. The normalized spacial score (nSPS) is 18.8. The second-order valence-corrected chi connectivity index (χ2v) is 4.16. The Kier molecular flexibility index (Phi) is 2.53. The average Bonchev–Trinajstić information content (AvgIpc) is 2.39. The minimum atomic E-state index is -0.0146. The summed E-state index contributed by atoms with van der Waals surface area (Å²) < 4.78 is 0. The van der Waals surface area contributed by atoms with Gasteiger partial charge in [-0.3, -0.25) is 4.79 Å². The molecule has 0 atom stereocenters. The highest BCUT2D eigenvalue weighted by Crippen LogP contribution is 2.23. The fourth-order valence-corrected chi connectivity index (χ4v) is 2.05. The van der Waals surface area contributed by atoms with E-state index in [0.717, 1.165) is 30.0 Å². The van der Waals surface area contributed by atoms with Crippen LogP contribution in [0.2, 0.25) is 0 Å². The number of hydrogen-bond donors (Lipinski definition) is 2. The van der Waals surface area contributed by atoms with Gasteiger partial charge in [0.15, 0.2) is 0 Å². The largest absolute Gasteiger partial charge is 0.408 e. The summed E-state index contributed by atoms with van der Waals surface area (Å²) >= 11 is 0. The molecule has 1 amide bonds. The molecule has 2 aliphatic rings. The highest BCUT2D eigenvalue weighted by Gasteiger charge is 2.16. The van der Waals surface area contributed by atoms with Crippen LogP contribution in [0.1, 0.15) is 24.0 Å². The summed E-state index contributed by atoms with van der Waals surface area (Å²) in [6, 6.07) is 6.00. The number of hydrazone groups is 1. The first-order valence-corrected chi connectivity index (χ1v) is 5.71. The number of nitrogens with zero attached hydrogens (tertiary/aromatic N) is 1. The molecule has 2 N–H and O–H groups in total. The minimum absolute atomic E-state index is 0.0146. The molecule has 0 unspecified atom stereocenters. The van der Waals surface area contributed by atoms with Crippen molar-refractivity contribution in [3.8, 4) is 5.75 Å². The van der Waals surface area contributed by atoms with Crippen molar-refractivity contribution in [2.75, 3.05) is 6.54 Å². The predicted octanol–water partition coefficient (Wildman–Crippen LogP) is 0.740. The molecular formula is C12H13N3O2. The molecule has 0 radical (unpaired) electrons. The second-order valence-electron chi connectivity index (χ2n) is 4.16. The van der Waals surface area contributed by atoms with Crippen molar-refractivity contribution in [2.45, 2.75) is 19.3 Å². The van der Waals surface area contributed by atoms with E-state index in [4.69, 9.17) is 4.84 Å². The van der Waals surface area contributed by atoms with Gasteiger partial charge in [-0.25, -0.2) is 5.43 Å². The van der Waals surface area contributed by atoms with Gasteiger partial charge in [-0.1, -0.05) is 0 Å². The van der Waals surface area contributed by atoms with Crippen LogP contribution >= 0.6 is 0 Å². The number of carbonyl (C=O) groups is 1. The van der Waals surface area contributed by atoms with Gasteiger partial charge in [-0.05, 0) is 35.7 Å². The Morgan fingerprint density at radius 3 is 3.00 bits per heavy atom. The lowest BCUT2D eigenvalue weighted by molar-refractivity contribution is -0.121. The Balaban J connectivity index is 1.91. The van der Waals surface area contributed by atoms with Gasteiger partial charge < -0.3 is 4.84 Å². The molecule has 1 aromatic carbocycles. The van der Waals surface area contributed by atoms with Crippen molar-refractivity contribution in [3.63, 3.8) is 0 Å². The van der Waals surface area contributed by atoms with Gasteiger partial charge in [-0.2, -0.15) is 10.6 Å². The SMILES string of the molecule is O=C1CCC(c2ccc3c(c2)CCNO3)=NN1. The third kappa shape index (κ3) is 2.01. The number of rotatable bonds is 1. The van der Waals surface area contributed by atoms with E-state index in [2.05, 4.69) is 22.1 Å². The molecule has 1 aromatic rings. The Morgan fingerprint density at radius 1 is 1.24 bits per heavy atom. The smallest absolute Gasteiger partial charge is 0.240 e. The maximum atomic E-state index is 11.0. The van der Waals surface area contributed by atoms with Crippen LogP contribution in [0.3, 0.4) is 0 Å². The monoisotopic (exact) mass is 231 g/mol. The Bertz CT molecular complexity index is 497. The number of hydroxylamine groups is 1. The zero-order valence-electron chi connectivity index (χ0n) is 9.32. The van der Waals surface area contributed by atoms with Crippen molar-refractivity contribution in [3.05, 3.63) is 29.3 Å². The second kappa shape index (κ2) is 4.18. The van der Waals surface area contributed by atoms with Gasteiger partial charge in [0, 0.05) is 19.4 Å². The van der Waals surface area contributed by atoms with E-state index >= 15 is 0 Å². The number of nitrogens with one attached hydrogen (secondary N) is 2. The van der Waals surface area contributed by atoms with Crippen molar-refractivity contribution >= 4 is 11.6 Å². The standard InChI is InChI=1S/C12H13N3O2/c16-12-4-2-10(14-15-12)8-1-3-11-9(7-8)5-6-13-17-11/h1,3,7,13H,2,4-6H2,(H,15,16). The van der Waals surface area contributed by atoms with Gasteiger partial charge in [0.1, 0.15) is 5.75 Å². The molecular weight excluding hydrogens is 218 g/mol. The van der Waals surface area contributed by atoms with Crippen molar-refractivity contribution in [1.82, 2.24) is 10.9 Å². The number of benzene rings is 1. The van der Waals surface area contributed by atoms with E-state index in [1.807, 2.05) is 12.1 Å². The summed E-state index contributed by atoms with van der Waals surface area (Å²) in [5.74, 6) is 0.861. The molecule has 0 aliphatic carbocycles. The summed E-state index contributed by atoms with van der Waals surface area (Å²) in [4.78, 5) is 16.3. The number of amides is 1. The number of hydrogen-bond acceptors (Lipinski definition) is 4. The molecule has 0 fully saturated rings. The zero-order valence-corrected chi connectivity index (χ0v) is 9.32. The fraction of sp³-hybridized carbons (Fsp3) is 0.333. The van der Waals surface area contributed by atoms with Gasteiger partial charge in [0.05, 0.1) is 5.71 Å². The molecule has 88 valence electrons. The lowest BCUT2D eigenvalue weighted by Gasteiger charge is -2.19. The lowest BCUT2D eigenvalue weighted by atomic mass is 10.00. The predicted molar refractivity (Wildman–Crippen MR) is 62.7 cm³/mol. The summed E-state index contributed by atoms with van der Waals surface area (Å²) in [5.41, 5.74) is 8.56. The van der Waals surface area contributed by atoms with E-state index in [1.165, 1.54) is 5.56 Å². The number of carbonyl (C=O) groups excluding carboxylic acids is 1. The van der Waals surface area contributed by atoms with Crippen LogP contribution in [-0.4, -0.2) is 18.2 Å². The molecule has 0 aromatic heterocycles. The molecule has 2 heterocycles. The van der Waals surface area contributed by atoms with Crippen LogP contribution in [0.25, 0.3) is 0 Å². The van der Waals surface area contributed by atoms with E-state index in [1.54, 1.807) is 0 Å². The van der Waals surface area contributed by atoms with Gasteiger partial charge >= 0.3 is 0 Å². The third-order valence-electron chi connectivity index (χ3n) is 2.98. The summed E-state index contributed by atoms with van der Waals surface area (Å²) in [5, 5.41) is 4.09. The van der Waals surface area contributed by atoms with E-state index < -0.39 is 0 Å². The third-order valence-corrected chi connectivity index (χ3v) is 2.98. The summed E-state index contributed by atoms with van der Waals surface area (Å²) in [6.45, 7) is 0.819. The minimum Gasteiger partial charge on any atom is -0.408 e. The van der Waals surface area contributed by atoms with Gasteiger partial charge in [0.25, 0.3) is 0 Å². The van der Waals surface area contributed by atoms with Crippen LogP contribution in [-0.2, 0) is 11.2 Å². The van der Waals surface area contributed by atoms with Crippen LogP contribution in [0.5, 0.6) is 5.75 Å². The number of fused-ring (bicyclic) bond motifs is 1. The van der Waals surface area contributed by atoms with E-state index in [0.29, 0.717) is 12.8 Å². The molecule has 5 heteroatoms. The maximum Gasteiger partial charge on any atom is 0.240 e. The molecule has 2 aliphatic heterocycles. The molecule has 17 heavy (non-hydrogen) atoms. The summed E-state index contributed by atoms with van der Waals surface area (Å²) in [6.07, 6.45) is 2.15. The molecule has 0 saturated heterocycles. The highest BCUT2D eigenvalue weighted by molar-refractivity contribution is 6.04. The Morgan fingerprint density at radius 2 is 2.18 bits per heavy atom. The quantitative estimate of drug-likeness (QED) is 0.749. The van der Waals surface area contributed by atoms with Crippen LogP contribution in [0.4, 0.5) is 0 Å². The van der Waals surface area contributed by atoms with E-state index in [-0.39, 0.29) is 5.91 Å². The maximum absolute atomic E-state index is 11.0. The van der Waals surface area contributed by atoms with Gasteiger partial charge in [0.2, 0.25) is 5.91 Å². The Labute approximate surface area is 98.8 Å². The first kappa shape index (κ1) is 10.3.